The summed E-state index contributed by atoms with van der Waals surface area (Å²) in [5, 5.41) is 8.34. The molecular formula is C17H18N4O5S2. The number of carbonyl (C=O) groups excluding carboxylic acids is 1. The van der Waals surface area contributed by atoms with Gasteiger partial charge in [-0.2, -0.15) is 4.98 Å². The highest BCUT2D eigenvalue weighted by atomic mass is 32.2. The zero-order valence-corrected chi connectivity index (χ0v) is 16.8. The number of rotatable bonds is 8. The van der Waals surface area contributed by atoms with Crippen LogP contribution < -0.4 is 14.4 Å². The molecule has 0 saturated heterocycles. The summed E-state index contributed by atoms with van der Waals surface area (Å²) in [6.07, 6.45) is 1.03. The first-order chi connectivity index (χ1) is 13.4. The van der Waals surface area contributed by atoms with E-state index in [1.165, 1.54) is 18.4 Å². The average Bonchev–Trinajstić information content (AvgIpc) is 3.35. The molecule has 28 heavy (non-hydrogen) atoms. The maximum absolute atomic E-state index is 12.3. The summed E-state index contributed by atoms with van der Waals surface area (Å²) >= 11 is 1.47. The lowest BCUT2D eigenvalue weighted by molar-refractivity contribution is -0.119. The van der Waals surface area contributed by atoms with Gasteiger partial charge in [0, 0.05) is 6.07 Å². The number of aromatic nitrogens is 2. The molecule has 0 bridgehead atoms. The van der Waals surface area contributed by atoms with Crippen LogP contribution >= 0.6 is 11.3 Å². The fourth-order valence-corrected chi connectivity index (χ4v) is 3.86. The van der Waals surface area contributed by atoms with E-state index in [1.54, 1.807) is 24.3 Å². The van der Waals surface area contributed by atoms with Gasteiger partial charge in [-0.15, -0.1) is 11.3 Å². The summed E-state index contributed by atoms with van der Waals surface area (Å²) < 4.78 is 35.5. The Hall–Kier alpha value is -2.92. The SMILES string of the molecule is COc1cccc(N(CC(=O)NCc2nc(-c3cccs3)no2)S(C)(=O)=O)c1. The smallest absolute Gasteiger partial charge is 0.246 e. The maximum Gasteiger partial charge on any atom is 0.246 e. The van der Waals surface area contributed by atoms with E-state index in [-0.39, 0.29) is 12.4 Å². The van der Waals surface area contributed by atoms with Crippen LogP contribution in [0.1, 0.15) is 5.89 Å². The van der Waals surface area contributed by atoms with Crippen LogP contribution in [0.2, 0.25) is 0 Å². The third-order valence-corrected chi connectivity index (χ3v) is 5.68. The number of anilines is 1. The van der Waals surface area contributed by atoms with Crippen LogP contribution in [-0.4, -0.2) is 44.4 Å². The van der Waals surface area contributed by atoms with Gasteiger partial charge in [0.15, 0.2) is 0 Å². The van der Waals surface area contributed by atoms with E-state index < -0.39 is 22.5 Å². The van der Waals surface area contributed by atoms with Crippen LogP contribution in [0, 0.1) is 0 Å². The lowest BCUT2D eigenvalue weighted by atomic mass is 10.3. The Kier molecular flexibility index (Phi) is 5.95. The molecule has 0 aliphatic heterocycles. The van der Waals surface area contributed by atoms with Crippen molar-refractivity contribution < 1.29 is 22.5 Å². The topological polar surface area (TPSA) is 115 Å². The van der Waals surface area contributed by atoms with Crippen molar-refractivity contribution in [1.82, 2.24) is 15.5 Å². The summed E-state index contributed by atoms with van der Waals surface area (Å²) in [7, 11) is -2.20. The highest BCUT2D eigenvalue weighted by Crippen LogP contribution is 2.23. The van der Waals surface area contributed by atoms with E-state index in [2.05, 4.69) is 15.5 Å². The minimum atomic E-state index is -3.68. The second-order valence-electron chi connectivity index (χ2n) is 5.74. The number of hydrogen-bond donors (Lipinski definition) is 1. The van der Waals surface area contributed by atoms with Gasteiger partial charge in [-0.3, -0.25) is 9.10 Å². The average molecular weight is 422 g/mol. The molecule has 0 atom stereocenters. The van der Waals surface area contributed by atoms with Gasteiger partial charge in [0.05, 0.1) is 30.5 Å². The Morgan fingerprint density at radius 3 is 2.82 bits per heavy atom. The molecule has 0 unspecified atom stereocenters. The quantitative estimate of drug-likeness (QED) is 0.589. The largest absolute Gasteiger partial charge is 0.497 e. The predicted molar refractivity (Wildman–Crippen MR) is 105 cm³/mol. The second-order valence-corrected chi connectivity index (χ2v) is 8.59. The van der Waals surface area contributed by atoms with Crippen LogP contribution in [0.4, 0.5) is 5.69 Å². The van der Waals surface area contributed by atoms with Gasteiger partial charge in [-0.05, 0) is 23.6 Å². The Morgan fingerprint density at radius 2 is 2.14 bits per heavy atom. The van der Waals surface area contributed by atoms with Crippen molar-refractivity contribution in [3.8, 4) is 16.5 Å². The van der Waals surface area contributed by atoms with Crippen molar-refractivity contribution in [3.63, 3.8) is 0 Å². The number of carbonyl (C=O) groups is 1. The fraction of sp³-hybridized carbons (Fsp3) is 0.235. The Morgan fingerprint density at radius 1 is 1.32 bits per heavy atom. The van der Waals surface area contributed by atoms with Crippen molar-refractivity contribution in [2.75, 3.05) is 24.2 Å². The van der Waals surface area contributed by atoms with Crippen LogP contribution in [-0.2, 0) is 21.4 Å². The standard InChI is InChI=1S/C17H18N4O5S2/c1-25-13-6-3-5-12(9-13)21(28(2,23)24)11-15(22)18-10-16-19-17(20-26-16)14-7-4-8-27-14/h3-9H,10-11H2,1-2H3,(H,18,22). The second kappa shape index (κ2) is 8.40. The molecule has 0 aliphatic carbocycles. The number of nitrogens with zero attached hydrogens (tertiary/aromatic N) is 3. The van der Waals surface area contributed by atoms with Crippen molar-refractivity contribution in [3.05, 3.63) is 47.7 Å². The van der Waals surface area contributed by atoms with Crippen molar-refractivity contribution >= 4 is 33.0 Å². The lowest BCUT2D eigenvalue weighted by Crippen LogP contribution is -2.40. The number of sulfonamides is 1. The Bertz CT molecular complexity index is 1050. The fourth-order valence-electron chi connectivity index (χ4n) is 2.36. The maximum atomic E-state index is 12.3. The first-order valence-corrected chi connectivity index (χ1v) is 10.8. The van der Waals surface area contributed by atoms with E-state index in [0.29, 0.717) is 17.3 Å². The Balaban J connectivity index is 1.66. The van der Waals surface area contributed by atoms with Gasteiger partial charge < -0.3 is 14.6 Å². The molecule has 0 spiro atoms. The first kappa shape index (κ1) is 19.8. The number of amides is 1. The number of benzene rings is 1. The molecule has 2 aromatic heterocycles. The van der Waals surface area contributed by atoms with Crippen molar-refractivity contribution in [2.24, 2.45) is 0 Å². The third-order valence-electron chi connectivity index (χ3n) is 3.68. The van der Waals surface area contributed by atoms with Gasteiger partial charge in [-0.25, -0.2) is 8.42 Å². The van der Waals surface area contributed by atoms with Gasteiger partial charge in [0.1, 0.15) is 12.3 Å². The summed E-state index contributed by atoms with van der Waals surface area (Å²) in [6.45, 7) is -0.398. The third kappa shape index (κ3) is 4.87. The highest BCUT2D eigenvalue weighted by molar-refractivity contribution is 7.92. The number of ether oxygens (including phenoxy) is 1. The summed E-state index contributed by atoms with van der Waals surface area (Å²) in [5.74, 6) is 0.639. The minimum absolute atomic E-state index is 0.00702. The zero-order chi connectivity index (χ0) is 20.1. The number of nitrogens with one attached hydrogen (secondary N) is 1. The number of thiophene rings is 1. The van der Waals surface area contributed by atoms with E-state index >= 15 is 0 Å². The van der Waals surface area contributed by atoms with E-state index in [4.69, 9.17) is 9.26 Å². The normalized spacial score (nSPS) is 11.2. The van der Waals surface area contributed by atoms with Gasteiger partial charge >= 0.3 is 0 Å². The first-order valence-electron chi connectivity index (χ1n) is 8.12. The molecule has 3 aromatic rings. The molecule has 3 rings (SSSR count). The van der Waals surface area contributed by atoms with Gasteiger partial charge in [0.25, 0.3) is 0 Å². The predicted octanol–water partition coefficient (Wildman–Crippen LogP) is 1.89. The molecule has 2 heterocycles. The molecule has 0 saturated carbocycles. The molecule has 148 valence electrons. The van der Waals surface area contributed by atoms with E-state index in [1.807, 2.05) is 17.5 Å². The molecule has 0 radical (unpaired) electrons. The van der Waals surface area contributed by atoms with Crippen LogP contribution in [0.5, 0.6) is 5.75 Å². The Labute approximate surface area is 166 Å². The van der Waals surface area contributed by atoms with E-state index in [0.717, 1.165) is 15.4 Å². The van der Waals surface area contributed by atoms with Crippen LogP contribution in [0.25, 0.3) is 10.7 Å². The van der Waals surface area contributed by atoms with Crippen molar-refractivity contribution in [2.45, 2.75) is 6.54 Å². The van der Waals surface area contributed by atoms with Crippen molar-refractivity contribution in [1.29, 1.82) is 0 Å². The van der Waals surface area contributed by atoms with E-state index in [9.17, 15) is 13.2 Å². The summed E-state index contributed by atoms with van der Waals surface area (Å²) in [6, 6.07) is 10.2. The lowest BCUT2D eigenvalue weighted by Gasteiger charge is -2.22. The minimum Gasteiger partial charge on any atom is -0.497 e. The monoisotopic (exact) mass is 422 g/mol. The van der Waals surface area contributed by atoms with Gasteiger partial charge in [0.2, 0.25) is 27.6 Å². The van der Waals surface area contributed by atoms with Crippen LogP contribution in [0.15, 0.2) is 46.3 Å². The van der Waals surface area contributed by atoms with Crippen LogP contribution in [0.3, 0.4) is 0 Å². The molecule has 11 heteroatoms. The molecule has 9 nitrogen and oxygen atoms in total. The highest BCUT2D eigenvalue weighted by Gasteiger charge is 2.21. The molecule has 1 N–H and O–H groups in total. The molecule has 1 amide bonds. The molecule has 0 aliphatic rings. The molecular weight excluding hydrogens is 404 g/mol. The summed E-state index contributed by atoms with van der Waals surface area (Å²) in [4.78, 5) is 17.4. The number of hydrogen-bond acceptors (Lipinski definition) is 8. The molecule has 1 aromatic carbocycles. The van der Waals surface area contributed by atoms with Gasteiger partial charge in [-0.1, -0.05) is 17.3 Å². The molecule has 0 fully saturated rings. The summed E-state index contributed by atoms with van der Waals surface area (Å²) in [5.41, 5.74) is 0.328. The number of methoxy groups -OCH3 is 1. The zero-order valence-electron chi connectivity index (χ0n) is 15.2.